The molecule has 1 aliphatic heterocycles. The smallest absolute Gasteiger partial charge is 0.269 e. The summed E-state index contributed by atoms with van der Waals surface area (Å²) in [5, 5.41) is 1.81. The van der Waals surface area contributed by atoms with Crippen LogP contribution in [0.25, 0.3) is 17.2 Å². The van der Waals surface area contributed by atoms with E-state index < -0.39 is 11.8 Å². The van der Waals surface area contributed by atoms with E-state index >= 15 is 0 Å². The van der Waals surface area contributed by atoms with Crippen LogP contribution in [0.4, 0.5) is 5.82 Å². The number of aromatic nitrogens is 4. The monoisotopic (exact) mass is 429 g/mol. The highest BCUT2D eigenvalue weighted by molar-refractivity contribution is 6.20. The van der Waals surface area contributed by atoms with Crippen LogP contribution in [0.2, 0.25) is 0 Å². The molecular weight excluding hydrogens is 410 g/mol. The summed E-state index contributed by atoms with van der Waals surface area (Å²) in [6.07, 6.45) is 1.89. The lowest BCUT2D eigenvalue weighted by molar-refractivity contribution is -0.116. The van der Waals surface area contributed by atoms with Gasteiger partial charge in [0, 0.05) is 11.0 Å². The van der Waals surface area contributed by atoms with Gasteiger partial charge in [-0.1, -0.05) is 0 Å². The predicted molar refractivity (Wildman–Crippen MR) is 116 cm³/mol. The fourth-order valence-corrected chi connectivity index (χ4v) is 3.69. The van der Waals surface area contributed by atoms with E-state index in [-0.39, 0.29) is 11.1 Å². The standard InChI is InChI=1S/C21H19N9O2/c22-29-20(31)18-12-3-1-10(24-12)9-11-2-7-16(25-11)28-17-8-6-15(27-17)19(21(32)30-23)14-5-4-13(18)26-14/h1-9,24,26H,22-23H2,(H,29,31)(H,30,32)(H2,25,27,28). The number of nitrogens with zero attached hydrogens (tertiary/aromatic N) is 1. The van der Waals surface area contributed by atoms with E-state index in [1.807, 2.05) is 24.3 Å². The highest BCUT2D eigenvalue weighted by Crippen LogP contribution is 2.16. The Balaban J connectivity index is 1.88. The van der Waals surface area contributed by atoms with Gasteiger partial charge in [0.15, 0.2) is 0 Å². The number of fused-ring (bicyclic) bond motifs is 8. The molecule has 11 nitrogen and oxygen atoms in total. The van der Waals surface area contributed by atoms with Crippen molar-refractivity contribution in [3.8, 4) is 0 Å². The van der Waals surface area contributed by atoms with Crippen molar-refractivity contribution in [2.24, 2.45) is 16.7 Å². The summed E-state index contributed by atoms with van der Waals surface area (Å²) in [5.41, 5.74) is 7.16. The number of carbonyl (C=O) groups excluding carboxylic acids is 2. The number of hydrogen-bond acceptors (Lipinski definition) is 5. The molecule has 8 bridgehead atoms. The van der Waals surface area contributed by atoms with E-state index in [1.165, 1.54) is 0 Å². The fraction of sp³-hybridized carbons (Fsp3) is 0. The van der Waals surface area contributed by atoms with Crippen molar-refractivity contribution in [1.29, 1.82) is 0 Å². The molecule has 160 valence electrons. The summed E-state index contributed by atoms with van der Waals surface area (Å²) in [6, 6.07) is 14.2. The van der Waals surface area contributed by atoms with Gasteiger partial charge in [0.05, 0.1) is 33.2 Å². The van der Waals surface area contributed by atoms with Gasteiger partial charge >= 0.3 is 0 Å². The van der Waals surface area contributed by atoms with Crippen molar-refractivity contribution < 1.29 is 9.59 Å². The molecule has 5 rings (SSSR count). The summed E-state index contributed by atoms with van der Waals surface area (Å²) >= 11 is 0. The molecule has 4 aromatic rings. The number of carbonyl (C=O) groups is 2. The number of nitrogens with one attached hydrogen (secondary N) is 6. The highest BCUT2D eigenvalue weighted by Gasteiger charge is 2.19. The molecule has 0 fully saturated rings. The minimum Gasteiger partial charge on any atom is -0.355 e. The van der Waals surface area contributed by atoms with Crippen LogP contribution < -0.4 is 44.1 Å². The van der Waals surface area contributed by atoms with Crippen LogP contribution >= 0.6 is 0 Å². The van der Waals surface area contributed by atoms with E-state index in [2.05, 4.69) is 35.8 Å². The molecule has 2 amide bonds. The van der Waals surface area contributed by atoms with Gasteiger partial charge in [-0.15, -0.1) is 0 Å². The van der Waals surface area contributed by atoms with Gasteiger partial charge in [-0.2, -0.15) is 0 Å². The molecule has 0 radical (unpaired) electrons. The Hall–Kier alpha value is -4.61. The van der Waals surface area contributed by atoms with E-state index in [9.17, 15) is 9.59 Å². The van der Waals surface area contributed by atoms with Crippen LogP contribution in [-0.2, 0) is 9.59 Å². The lowest BCUT2D eigenvalue weighted by Crippen LogP contribution is -2.35. The summed E-state index contributed by atoms with van der Waals surface area (Å²) in [4.78, 5) is 42.5. The Kier molecular flexibility index (Phi) is 4.58. The normalized spacial score (nSPS) is 12.7. The zero-order chi connectivity index (χ0) is 22.2. The first-order valence-electron chi connectivity index (χ1n) is 9.65. The predicted octanol–water partition coefficient (Wildman–Crippen LogP) is -2.53. The second-order valence-corrected chi connectivity index (χ2v) is 7.12. The van der Waals surface area contributed by atoms with E-state index in [1.54, 1.807) is 30.3 Å². The maximum absolute atomic E-state index is 12.6. The third-order valence-corrected chi connectivity index (χ3v) is 5.10. The molecule has 10 N–H and O–H groups in total. The van der Waals surface area contributed by atoms with Gasteiger partial charge < -0.3 is 19.9 Å². The van der Waals surface area contributed by atoms with Crippen LogP contribution in [0, 0.1) is 0 Å². The van der Waals surface area contributed by atoms with Crippen molar-refractivity contribution in [2.75, 3.05) is 0 Å². The Labute approximate surface area is 179 Å². The molecule has 0 atom stereocenters. The number of hydrazine groups is 2. The number of nitrogens with two attached hydrogens (primary N) is 2. The Morgan fingerprint density at radius 2 is 1.38 bits per heavy atom. The Bertz CT molecular complexity index is 1480. The third-order valence-electron chi connectivity index (χ3n) is 5.10. The third kappa shape index (κ3) is 3.33. The Morgan fingerprint density at radius 1 is 0.719 bits per heavy atom. The molecule has 32 heavy (non-hydrogen) atoms. The highest BCUT2D eigenvalue weighted by atomic mass is 16.2. The number of amides is 2. The summed E-state index contributed by atoms with van der Waals surface area (Å²) < 4.78 is 0. The minimum atomic E-state index is -0.517. The van der Waals surface area contributed by atoms with Crippen molar-refractivity contribution in [1.82, 2.24) is 30.8 Å². The number of aromatic amines is 4. The quantitative estimate of drug-likeness (QED) is 0.0992. The molecule has 0 aromatic carbocycles. The maximum Gasteiger partial charge on any atom is 0.269 e. The second kappa shape index (κ2) is 7.58. The van der Waals surface area contributed by atoms with Gasteiger partial charge in [-0.25, -0.2) is 16.7 Å². The van der Waals surface area contributed by atoms with Gasteiger partial charge in [-0.05, 0) is 54.6 Å². The molecule has 0 spiro atoms. The Morgan fingerprint density at radius 3 is 2.06 bits per heavy atom. The number of H-pyrrole nitrogens is 4. The van der Waals surface area contributed by atoms with Gasteiger partial charge in [-0.3, -0.25) is 20.4 Å². The van der Waals surface area contributed by atoms with Gasteiger partial charge in [0.2, 0.25) is 0 Å². The zero-order valence-corrected chi connectivity index (χ0v) is 16.6. The molecule has 0 unspecified atom stereocenters. The lowest BCUT2D eigenvalue weighted by atomic mass is 10.1. The number of rotatable bonds is 2. The first-order valence-corrected chi connectivity index (χ1v) is 9.65. The SMILES string of the molecule is NNC(=O)C1=c2ccc([nH]2)=Cc2ccc([nH]2)N=c2ccc([nH]2)=C(C(=O)NN)c2ccc1[nH]2. The zero-order valence-electron chi connectivity index (χ0n) is 16.6. The van der Waals surface area contributed by atoms with Crippen LogP contribution in [0.5, 0.6) is 0 Å². The molecule has 1 aliphatic rings. The lowest BCUT2D eigenvalue weighted by Gasteiger charge is -2.05. The van der Waals surface area contributed by atoms with E-state index in [0.29, 0.717) is 33.4 Å². The molecule has 0 aliphatic carbocycles. The summed E-state index contributed by atoms with van der Waals surface area (Å²) in [7, 11) is 0. The molecule has 0 saturated heterocycles. The minimum absolute atomic E-state index is 0.257. The molecule has 5 heterocycles. The molecule has 0 saturated carbocycles. The first kappa shape index (κ1) is 19.4. The van der Waals surface area contributed by atoms with Gasteiger partial charge in [0.25, 0.3) is 11.8 Å². The maximum atomic E-state index is 12.6. The van der Waals surface area contributed by atoms with Crippen LogP contribution in [0.3, 0.4) is 0 Å². The largest absolute Gasteiger partial charge is 0.355 e. The van der Waals surface area contributed by atoms with Gasteiger partial charge in [0.1, 0.15) is 11.3 Å². The average Bonchev–Trinajstić information content (AvgIpc) is 3.58. The van der Waals surface area contributed by atoms with E-state index in [4.69, 9.17) is 11.7 Å². The summed E-state index contributed by atoms with van der Waals surface area (Å²) in [6.45, 7) is 0. The van der Waals surface area contributed by atoms with Crippen molar-refractivity contribution >= 4 is 34.9 Å². The van der Waals surface area contributed by atoms with Crippen molar-refractivity contribution in [3.05, 3.63) is 87.1 Å². The topological polar surface area (TPSA) is 186 Å². The molecule has 4 aromatic heterocycles. The van der Waals surface area contributed by atoms with Crippen LogP contribution in [-0.4, -0.2) is 31.8 Å². The number of hydrogen-bond donors (Lipinski definition) is 8. The molecule has 11 heteroatoms. The van der Waals surface area contributed by atoms with Crippen LogP contribution in [0.15, 0.2) is 53.5 Å². The van der Waals surface area contributed by atoms with Crippen molar-refractivity contribution in [3.63, 3.8) is 0 Å². The van der Waals surface area contributed by atoms with Crippen LogP contribution in [0.1, 0.15) is 17.1 Å². The first-order chi connectivity index (χ1) is 15.6. The molecular formula is C21H19N9O2. The fourth-order valence-electron chi connectivity index (χ4n) is 3.69. The summed E-state index contributed by atoms with van der Waals surface area (Å²) in [5.74, 6) is 10.5. The van der Waals surface area contributed by atoms with E-state index in [0.717, 1.165) is 11.0 Å². The second-order valence-electron chi connectivity index (χ2n) is 7.12. The average molecular weight is 429 g/mol. The van der Waals surface area contributed by atoms with Crippen molar-refractivity contribution in [2.45, 2.75) is 0 Å².